The van der Waals surface area contributed by atoms with Crippen molar-refractivity contribution in [2.24, 2.45) is 0 Å². The maximum atomic E-state index is 11.7. The van der Waals surface area contributed by atoms with Gasteiger partial charge in [-0.25, -0.2) is 8.78 Å². The van der Waals surface area contributed by atoms with Gasteiger partial charge in [-0.05, 0) is 6.92 Å². The van der Waals surface area contributed by atoms with E-state index in [2.05, 4.69) is 19.4 Å². The van der Waals surface area contributed by atoms with Crippen molar-refractivity contribution in [2.75, 3.05) is 13.2 Å². The molecular weight excluding hydrogens is 210 g/mol. The molecule has 1 atom stereocenters. The number of hydrogen-bond donors (Lipinski definition) is 1. The molecule has 0 aliphatic carbocycles. The van der Waals surface area contributed by atoms with Crippen molar-refractivity contribution in [3.63, 3.8) is 0 Å². The van der Waals surface area contributed by atoms with E-state index >= 15 is 0 Å². The van der Waals surface area contributed by atoms with Gasteiger partial charge in [0.05, 0.1) is 6.61 Å². The Morgan fingerprint density at radius 1 is 1.53 bits per heavy atom. The molecule has 0 bridgehead atoms. The van der Waals surface area contributed by atoms with Crippen LogP contribution in [-0.4, -0.2) is 34.9 Å². The molecule has 0 amide bonds. The van der Waals surface area contributed by atoms with E-state index in [0.717, 1.165) is 0 Å². The van der Waals surface area contributed by atoms with Gasteiger partial charge >= 0.3 is 0 Å². The smallest absolute Gasteiger partial charge is 0.261 e. The highest BCUT2D eigenvalue weighted by molar-refractivity contribution is 4.88. The molecule has 0 aliphatic heterocycles. The number of hydrogen-bond acceptors (Lipinski definition) is 5. The highest BCUT2D eigenvalue weighted by Gasteiger charge is 2.11. The van der Waals surface area contributed by atoms with Crippen LogP contribution in [0, 0.1) is 0 Å². The average Bonchev–Trinajstić information content (AvgIpc) is 2.60. The molecule has 0 unspecified atom stereocenters. The first-order chi connectivity index (χ1) is 7.09. The minimum atomic E-state index is -2.47. The van der Waals surface area contributed by atoms with Crippen molar-refractivity contribution in [1.29, 1.82) is 0 Å². The molecule has 0 spiro atoms. The van der Waals surface area contributed by atoms with Gasteiger partial charge in [-0.1, -0.05) is 5.16 Å². The third kappa shape index (κ3) is 4.30. The quantitative estimate of drug-likeness (QED) is 0.725. The predicted octanol–water partition coefficient (Wildman–Crippen LogP) is 0.947. The molecule has 86 valence electrons. The Kier molecular flexibility index (Phi) is 4.57. The lowest BCUT2D eigenvalue weighted by atomic mass is 10.4. The molecule has 1 heterocycles. The fourth-order valence-electron chi connectivity index (χ4n) is 0.875. The monoisotopic (exact) mass is 222 g/mol. The van der Waals surface area contributed by atoms with E-state index in [4.69, 9.17) is 5.11 Å². The van der Waals surface area contributed by atoms with Crippen molar-refractivity contribution in [2.45, 2.75) is 25.9 Å². The standard InChI is InChI=1S/C8H12F2N2O3/c1-5(13)8-11-7(12-15-8)2-3-14-4-6(9)10/h5-6,13H,2-4H2,1H3/t5-/m0/s1. The van der Waals surface area contributed by atoms with Gasteiger partial charge < -0.3 is 14.4 Å². The summed E-state index contributed by atoms with van der Waals surface area (Å²) in [4.78, 5) is 3.83. The lowest BCUT2D eigenvalue weighted by Crippen LogP contribution is -2.07. The maximum Gasteiger partial charge on any atom is 0.261 e. The summed E-state index contributed by atoms with van der Waals surface area (Å²) < 4.78 is 32.6. The first kappa shape index (κ1) is 12.0. The molecule has 7 heteroatoms. The Bertz CT molecular complexity index is 291. The first-order valence-corrected chi connectivity index (χ1v) is 4.46. The third-order valence-electron chi connectivity index (χ3n) is 1.56. The summed E-state index contributed by atoms with van der Waals surface area (Å²) in [5, 5.41) is 12.6. The second kappa shape index (κ2) is 5.72. The van der Waals surface area contributed by atoms with E-state index in [1.807, 2.05) is 0 Å². The molecule has 0 radical (unpaired) electrons. The number of ether oxygens (including phenoxy) is 1. The molecule has 1 N–H and O–H groups in total. The van der Waals surface area contributed by atoms with E-state index in [1.54, 1.807) is 0 Å². The zero-order chi connectivity index (χ0) is 11.3. The zero-order valence-electron chi connectivity index (χ0n) is 8.19. The summed E-state index contributed by atoms with van der Waals surface area (Å²) >= 11 is 0. The van der Waals surface area contributed by atoms with Gasteiger partial charge in [0.2, 0.25) is 0 Å². The van der Waals surface area contributed by atoms with Crippen LogP contribution in [-0.2, 0) is 11.2 Å². The fraction of sp³-hybridized carbons (Fsp3) is 0.750. The fourth-order valence-corrected chi connectivity index (χ4v) is 0.875. The Morgan fingerprint density at radius 3 is 2.80 bits per heavy atom. The van der Waals surface area contributed by atoms with E-state index in [0.29, 0.717) is 5.82 Å². The minimum absolute atomic E-state index is 0.100. The van der Waals surface area contributed by atoms with Crippen LogP contribution in [0.25, 0.3) is 0 Å². The number of aliphatic hydroxyl groups excluding tert-OH is 1. The molecule has 0 aromatic carbocycles. The number of alkyl halides is 2. The number of aromatic nitrogens is 2. The van der Waals surface area contributed by atoms with Gasteiger partial charge in [-0.3, -0.25) is 0 Å². The summed E-state index contributed by atoms with van der Waals surface area (Å²) in [5.41, 5.74) is 0. The summed E-state index contributed by atoms with van der Waals surface area (Å²) in [7, 11) is 0. The molecule has 0 aliphatic rings. The summed E-state index contributed by atoms with van der Waals surface area (Å²) in [6.45, 7) is 0.995. The molecule has 1 aromatic heterocycles. The van der Waals surface area contributed by atoms with Crippen molar-refractivity contribution >= 4 is 0 Å². The Morgan fingerprint density at radius 2 is 2.27 bits per heavy atom. The summed E-state index contributed by atoms with van der Waals surface area (Å²) in [6, 6.07) is 0. The van der Waals surface area contributed by atoms with Crippen LogP contribution in [0.5, 0.6) is 0 Å². The Hall–Kier alpha value is -1.08. The number of rotatable bonds is 6. The molecule has 5 nitrogen and oxygen atoms in total. The maximum absolute atomic E-state index is 11.7. The molecule has 0 saturated heterocycles. The Balaban J connectivity index is 2.26. The Labute approximate surface area is 85.0 Å². The highest BCUT2D eigenvalue weighted by atomic mass is 19.3. The normalized spacial score (nSPS) is 13.4. The van der Waals surface area contributed by atoms with Crippen LogP contribution in [0.15, 0.2) is 4.52 Å². The van der Waals surface area contributed by atoms with Crippen LogP contribution >= 0.6 is 0 Å². The first-order valence-electron chi connectivity index (χ1n) is 4.46. The zero-order valence-corrected chi connectivity index (χ0v) is 8.19. The second-order valence-corrected chi connectivity index (χ2v) is 2.94. The van der Waals surface area contributed by atoms with Crippen LogP contribution in [0.3, 0.4) is 0 Å². The van der Waals surface area contributed by atoms with Gasteiger partial charge in [0.1, 0.15) is 12.7 Å². The minimum Gasteiger partial charge on any atom is -0.384 e. The van der Waals surface area contributed by atoms with Crippen molar-refractivity contribution < 1.29 is 23.1 Å². The van der Waals surface area contributed by atoms with Crippen LogP contribution in [0.2, 0.25) is 0 Å². The summed E-state index contributed by atoms with van der Waals surface area (Å²) in [6.07, 6.45) is -3.01. The van der Waals surface area contributed by atoms with Gasteiger partial charge in [0, 0.05) is 6.42 Å². The highest BCUT2D eigenvalue weighted by Crippen LogP contribution is 2.08. The van der Waals surface area contributed by atoms with E-state index in [9.17, 15) is 8.78 Å². The van der Waals surface area contributed by atoms with Crippen LogP contribution in [0.1, 0.15) is 24.7 Å². The predicted molar refractivity (Wildman–Crippen MR) is 45.5 cm³/mol. The van der Waals surface area contributed by atoms with Crippen molar-refractivity contribution in [1.82, 2.24) is 10.1 Å². The van der Waals surface area contributed by atoms with Crippen LogP contribution in [0.4, 0.5) is 8.78 Å². The molecule has 1 aromatic rings. The largest absolute Gasteiger partial charge is 0.384 e. The van der Waals surface area contributed by atoms with Crippen LogP contribution < -0.4 is 0 Å². The summed E-state index contributed by atoms with van der Waals surface area (Å²) in [5.74, 6) is 0.444. The molecule has 1 rings (SSSR count). The number of nitrogens with zero attached hydrogens (tertiary/aromatic N) is 2. The van der Waals surface area contributed by atoms with Gasteiger partial charge in [-0.15, -0.1) is 0 Å². The van der Waals surface area contributed by atoms with Crippen molar-refractivity contribution in [3.05, 3.63) is 11.7 Å². The molecule has 0 fully saturated rings. The average molecular weight is 222 g/mol. The van der Waals surface area contributed by atoms with Gasteiger partial charge in [0.25, 0.3) is 12.3 Å². The number of halogens is 2. The second-order valence-electron chi connectivity index (χ2n) is 2.94. The lowest BCUT2D eigenvalue weighted by Gasteiger charge is -1.99. The third-order valence-corrected chi connectivity index (χ3v) is 1.56. The van der Waals surface area contributed by atoms with E-state index in [-0.39, 0.29) is 18.9 Å². The SMILES string of the molecule is C[C@H](O)c1nc(CCOCC(F)F)no1. The van der Waals surface area contributed by atoms with Crippen molar-refractivity contribution in [3.8, 4) is 0 Å². The molecule has 0 saturated carbocycles. The van der Waals surface area contributed by atoms with Gasteiger partial charge in [-0.2, -0.15) is 4.98 Å². The van der Waals surface area contributed by atoms with E-state index in [1.165, 1.54) is 6.92 Å². The van der Waals surface area contributed by atoms with Gasteiger partial charge in [0.15, 0.2) is 5.82 Å². The number of aliphatic hydroxyl groups is 1. The molecule has 15 heavy (non-hydrogen) atoms. The lowest BCUT2D eigenvalue weighted by molar-refractivity contribution is 0.0182. The van der Waals surface area contributed by atoms with E-state index < -0.39 is 19.1 Å². The molecular formula is C8H12F2N2O3. The topological polar surface area (TPSA) is 68.4 Å².